The van der Waals surface area contributed by atoms with Crippen LogP contribution in [0.3, 0.4) is 0 Å². The molecule has 0 aliphatic rings. The molecule has 8 aromatic carbocycles. The van der Waals surface area contributed by atoms with E-state index in [1.807, 2.05) is 12.1 Å². The van der Waals surface area contributed by atoms with Crippen molar-refractivity contribution in [2.45, 2.75) is 0 Å². The fourth-order valence-electron chi connectivity index (χ4n) is 7.61. The molecule has 2 nitrogen and oxygen atoms in total. The molecule has 0 aliphatic heterocycles. The number of fused-ring (bicyclic) bond motifs is 2. The predicted octanol–water partition coefficient (Wildman–Crippen LogP) is 14.5. The number of aromatic nitrogens is 2. The Morgan fingerprint density at radius 3 is 0.964 bits per heavy atom. The summed E-state index contributed by atoms with van der Waals surface area (Å²) in [5, 5.41) is 4.89. The van der Waals surface area contributed by atoms with Crippen LogP contribution in [0.4, 0.5) is 0 Å². The molecule has 10 aromatic rings. The molecule has 0 fully saturated rings. The minimum absolute atomic E-state index is 0.946. The monoisotopic (exact) mass is 712 g/mol. The summed E-state index contributed by atoms with van der Waals surface area (Å²) in [4.78, 5) is 10.3. The average molecular weight is 713 g/mol. The summed E-state index contributed by atoms with van der Waals surface area (Å²) in [5.74, 6) is 0. The Morgan fingerprint density at radius 1 is 0.179 bits per heavy atom. The summed E-state index contributed by atoms with van der Waals surface area (Å²) in [6.07, 6.45) is 0. The second-order valence-electron chi connectivity index (χ2n) is 14.3. The van der Waals surface area contributed by atoms with Crippen LogP contribution in [0.25, 0.3) is 100.0 Å². The van der Waals surface area contributed by atoms with Crippen LogP contribution in [0.1, 0.15) is 0 Å². The molecule has 0 amide bonds. The van der Waals surface area contributed by atoms with Crippen molar-refractivity contribution >= 4 is 21.5 Å². The highest BCUT2D eigenvalue weighted by Crippen LogP contribution is 2.35. The third-order valence-corrected chi connectivity index (χ3v) is 10.7. The van der Waals surface area contributed by atoms with Crippen LogP contribution in [0, 0.1) is 0 Å². The van der Waals surface area contributed by atoms with Crippen molar-refractivity contribution in [3.8, 4) is 78.4 Å². The highest BCUT2D eigenvalue weighted by atomic mass is 14.7. The smallest absolute Gasteiger partial charge is 0.0715 e. The molecule has 262 valence electrons. The molecular weight excluding hydrogens is 677 g/mol. The van der Waals surface area contributed by atoms with E-state index in [9.17, 15) is 0 Å². The van der Waals surface area contributed by atoms with Crippen LogP contribution in [0.2, 0.25) is 0 Å². The zero-order valence-corrected chi connectivity index (χ0v) is 30.7. The van der Waals surface area contributed by atoms with Gasteiger partial charge in [0.05, 0.1) is 22.8 Å². The number of hydrogen-bond acceptors (Lipinski definition) is 2. The first-order valence-electron chi connectivity index (χ1n) is 19.0. The lowest BCUT2D eigenvalue weighted by Gasteiger charge is -2.13. The molecular formula is C54H36N2. The zero-order valence-electron chi connectivity index (χ0n) is 30.7. The number of pyridine rings is 2. The molecule has 0 saturated carbocycles. The van der Waals surface area contributed by atoms with Gasteiger partial charge in [0.1, 0.15) is 0 Å². The van der Waals surface area contributed by atoms with Crippen LogP contribution < -0.4 is 0 Å². The maximum atomic E-state index is 5.27. The third-order valence-electron chi connectivity index (χ3n) is 10.7. The standard InChI is InChI=1S/C54H36N2/c1-3-13-42(14-4-1)51-33-49(34-52(55-51)43-15-5-2-6-16-43)41-21-19-39(20-22-41)40-23-27-44(28-24-40)53-35-50(47-29-25-37-11-7-9-17-45(37)31-47)36-54(56-53)48-30-26-38-12-8-10-18-46(38)32-48/h1-36H. The molecule has 0 atom stereocenters. The Bertz CT molecular complexity index is 2830. The fraction of sp³-hybridized carbons (Fsp3) is 0. The van der Waals surface area contributed by atoms with Gasteiger partial charge in [-0.2, -0.15) is 0 Å². The van der Waals surface area contributed by atoms with Crippen molar-refractivity contribution in [3.05, 3.63) is 218 Å². The van der Waals surface area contributed by atoms with Crippen LogP contribution in [0.15, 0.2) is 218 Å². The highest BCUT2D eigenvalue weighted by molar-refractivity contribution is 5.90. The topological polar surface area (TPSA) is 25.8 Å². The van der Waals surface area contributed by atoms with Gasteiger partial charge >= 0.3 is 0 Å². The normalized spacial score (nSPS) is 11.2. The Kier molecular flexibility index (Phi) is 8.55. The van der Waals surface area contributed by atoms with Gasteiger partial charge in [-0.3, -0.25) is 0 Å². The molecule has 0 saturated heterocycles. The van der Waals surface area contributed by atoms with Gasteiger partial charge in [-0.15, -0.1) is 0 Å². The molecule has 56 heavy (non-hydrogen) atoms. The van der Waals surface area contributed by atoms with E-state index in [1.165, 1.54) is 27.1 Å². The minimum atomic E-state index is 0.946. The van der Waals surface area contributed by atoms with Crippen LogP contribution >= 0.6 is 0 Å². The van der Waals surface area contributed by atoms with E-state index in [4.69, 9.17) is 9.97 Å². The average Bonchev–Trinajstić information content (AvgIpc) is 3.29. The third kappa shape index (κ3) is 6.66. The van der Waals surface area contributed by atoms with E-state index >= 15 is 0 Å². The predicted molar refractivity (Wildman–Crippen MR) is 235 cm³/mol. The van der Waals surface area contributed by atoms with Crippen molar-refractivity contribution in [1.82, 2.24) is 9.97 Å². The molecule has 2 heteroatoms. The van der Waals surface area contributed by atoms with Gasteiger partial charge in [0.15, 0.2) is 0 Å². The van der Waals surface area contributed by atoms with E-state index < -0.39 is 0 Å². The lowest BCUT2D eigenvalue weighted by Crippen LogP contribution is -1.92. The summed E-state index contributed by atoms with van der Waals surface area (Å²) < 4.78 is 0. The maximum Gasteiger partial charge on any atom is 0.0715 e. The van der Waals surface area contributed by atoms with Gasteiger partial charge in [0.2, 0.25) is 0 Å². The largest absolute Gasteiger partial charge is 0.248 e. The Balaban J connectivity index is 0.994. The lowest BCUT2D eigenvalue weighted by atomic mass is 9.96. The summed E-state index contributed by atoms with van der Waals surface area (Å²) >= 11 is 0. The number of nitrogens with zero attached hydrogens (tertiary/aromatic N) is 2. The molecule has 0 spiro atoms. The first-order chi connectivity index (χ1) is 27.7. The van der Waals surface area contributed by atoms with E-state index in [1.54, 1.807) is 0 Å². The van der Waals surface area contributed by atoms with Crippen molar-refractivity contribution in [1.29, 1.82) is 0 Å². The lowest BCUT2D eigenvalue weighted by molar-refractivity contribution is 1.32. The fourth-order valence-corrected chi connectivity index (χ4v) is 7.61. The Hall–Kier alpha value is -7.42. The molecule has 2 heterocycles. The maximum absolute atomic E-state index is 5.27. The van der Waals surface area contributed by atoms with Crippen molar-refractivity contribution < 1.29 is 0 Å². The van der Waals surface area contributed by atoms with Crippen molar-refractivity contribution in [2.75, 3.05) is 0 Å². The summed E-state index contributed by atoms with van der Waals surface area (Å²) in [6.45, 7) is 0. The van der Waals surface area contributed by atoms with Crippen molar-refractivity contribution in [2.24, 2.45) is 0 Å². The van der Waals surface area contributed by atoms with E-state index in [2.05, 4.69) is 206 Å². The second kappa shape index (κ2) is 14.4. The SMILES string of the molecule is c1ccc(-c2cc(-c3ccc(-c4ccc(-c5cc(-c6ccc7ccccc7c6)cc(-c6ccc7ccccc7c6)n5)cc4)cc3)cc(-c3ccccc3)n2)cc1. The van der Waals surface area contributed by atoms with E-state index in [0.717, 1.165) is 72.8 Å². The zero-order chi connectivity index (χ0) is 37.3. The summed E-state index contributed by atoms with van der Waals surface area (Å²) in [6, 6.07) is 77.6. The van der Waals surface area contributed by atoms with E-state index in [0.29, 0.717) is 0 Å². The van der Waals surface area contributed by atoms with Crippen LogP contribution in [-0.4, -0.2) is 9.97 Å². The molecule has 0 bridgehead atoms. The quantitative estimate of drug-likeness (QED) is 0.164. The van der Waals surface area contributed by atoms with Gasteiger partial charge < -0.3 is 0 Å². The number of benzene rings is 8. The van der Waals surface area contributed by atoms with Crippen LogP contribution in [0.5, 0.6) is 0 Å². The minimum Gasteiger partial charge on any atom is -0.248 e. The summed E-state index contributed by atoms with van der Waals surface area (Å²) in [5.41, 5.74) is 15.1. The highest BCUT2D eigenvalue weighted by Gasteiger charge is 2.13. The molecule has 0 unspecified atom stereocenters. The van der Waals surface area contributed by atoms with Gasteiger partial charge in [-0.05, 0) is 91.3 Å². The van der Waals surface area contributed by atoms with Gasteiger partial charge in [0.25, 0.3) is 0 Å². The van der Waals surface area contributed by atoms with Gasteiger partial charge in [-0.1, -0.05) is 182 Å². The Labute approximate surface area is 327 Å². The van der Waals surface area contributed by atoms with Crippen molar-refractivity contribution in [3.63, 3.8) is 0 Å². The molecule has 2 aromatic heterocycles. The second-order valence-corrected chi connectivity index (χ2v) is 14.3. The first kappa shape index (κ1) is 33.2. The number of rotatable bonds is 7. The van der Waals surface area contributed by atoms with Gasteiger partial charge in [-0.25, -0.2) is 9.97 Å². The molecule has 0 radical (unpaired) electrons. The first-order valence-corrected chi connectivity index (χ1v) is 19.0. The van der Waals surface area contributed by atoms with E-state index in [-0.39, 0.29) is 0 Å². The van der Waals surface area contributed by atoms with Crippen LogP contribution in [-0.2, 0) is 0 Å². The van der Waals surface area contributed by atoms with Gasteiger partial charge in [0, 0.05) is 22.3 Å². The molecule has 10 rings (SSSR count). The number of hydrogen-bond donors (Lipinski definition) is 0. The molecule has 0 N–H and O–H groups in total. The Morgan fingerprint density at radius 2 is 0.482 bits per heavy atom. The molecule has 0 aliphatic carbocycles. The summed E-state index contributed by atoms with van der Waals surface area (Å²) in [7, 11) is 0.